The first-order valence-corrected chi connectivity index (χ1v) is 9.17. The molecule has 0 saturated carbocycles. The summed E-state index contributed by atoms with van der Waals surface area (Å²) in [5, 5.41) is 2.89. The summed E-state index contributed by atoms with van der Waals surface area (Å²) in [5.74, 6) is 0.679. The number of fused-ring (bicyclic) bond motifs is 2. The minimum Gasteiger partial charge on any atom is -0.454 e. The molecule has 3 aromatic carbocycles. The molecule has 0 fully saturated rings. The molecule has 3 aromatic rings. The van der Waals surface area contributed by atoms with Crippen LogP contribution in [0.5, 0.6) is 11.5 Å². The Balaban J connectivity index is 1.69. The predicted molar refractivity (Wildman–Crippen MR) is 109 cm³/mol. The summed E-state index contributed by atoms with van der Waals surface area (Å²) in [6.45, 7) is 4.35. The summed E-state index contributed by atoms with van der Waals surface area (Å²) in [6, 6.07) is 19.9. The number of hydrogen-bond donors (Lipinski definition) is 1. The number of amides is 2. The van der Waals surface area contributed by atoms with Gasteiger partial charge in [-0.25, -0.2) is 0 Å². The van der Waals surface area contributed by atoms with Crippen molar-refractivity contribution in [2.45, 2.75) is 13.8 Å². The zero-order valence-corrected chi connectivity index (χ0v) is 15.7. The Labute approximate surface area is 163 Å². The van der Waals surface area contributed by atoms with E-state index in [1.807, 2.05) is 50.2 Å². The van der Waals surface area contributed by atoms with Crippen LogP contribution in [0.4, 0.5) is 11.4 Å². The van der Waals surface area contributed by atoms with Gasteiger partial charge in [-0.2, -0.15) is 0 Å². The van der Waals surface area contributed by atoms with E-state index in [-0.39, 0.29) is 11.8 Å². The summed E-state index contributed by atoms with van der Waals surface area (Å²) in [7, 11) is 0. The molecule has 0 atom stereocenters. The molecule has 0 radical (unpaired) electrons. The maximum absolute atomic E-state index is 13.0. The van der Waals surface area contributed by atoms with E-state index in [1.165, 1.54) is 0 Å². The van der Waals surface area contributed by atoms with Gasteiger partial charge >= 0.3 is 0 Å². The van der Waals surface area contributed by atoms with E-state index >= 15 is 0 Å². The van der Waals surface area contributed by atoms with Crippen molar-refractivity contribution in [2.24, 2.45) is 0 Å². The van der Waals surface area contributed by atoms with Crippen LogP contribution in [0.15, 0.2) is 66.7 Å². The molecule has 0 spiro atoms. The van der Waals surface area contributed by atoms with Crippen LogP contribution in [-0.2, 0) is 0 Å². The summed E-state index contributed by atoms with van der Waals surface area (Å²) in [4.78, 5) is 27.3. The second kappa shape index (κ2) is 7.19. The SMILES string of the molecule is CCN1C(=O)c2ccccc2Oc2ccc(C(=O)Nc3ccc(C)cc3)cc21. The molecule has 2 amide bonds. The fourth-order valence-corrected chi connectivity index (χ4v) is 3.22. The first-order valence-electron chi connectivity index (χ1n) is 9.17. The van der Waals surface area contributed by atoms with Crippen LogP contribution >= 0.6 is 0 Å². The zero-order valence-electron chi connectivity index (χ0n) is 15.7. The van der Waals surface area contributed by atoms with E-state index in [9.17, 15) is 9.59 Å². The Morgan fingerprint density at radius 1 is 1.00 bits per heavy atom. The second-order valence-electron chi connectivity index (χ2n) is 6.65. The minimum absolute atomic E-state index is 0.145. The van der Waals surface area contributed by atoms with Gasteiger partial charge in [0.1, 0.15) is 5.75 Å². The van der Waals surface area contributed by atoms with Crippen molar-refractivity contribution in [1.82, 2.24) is 0 Å². The average Bonchev–Trinajstić information content (AvgIpc) is 2.83. The van der Waals surface area contributed by atoms with Crippen molar-refractivity contribution >= 4 is 23.2 Å². The lowest BCUT2D eigenvalue weighted by molar-refractivity contribution is 0.0985. The van der Waals surface area contributed by atoms with Crippen LogP contribution in [0.25, 0.3) is 0 Å². The molecular formula is C23H20N2O3. The Hall–Kier alpha value is -3.60. The molecule has 5 heteroatoms. The van der Waals surface area contributed by atoms with Crippen LogP contribution in [0.1, 0.15) is 33.2 Å². The Kier molecular flexibility index (Phi) is 4.57. The molecule has 28 heavy (non-hydrogen) atoms. The summed E-state index contributed by atoms with van der Waals surface area (Å²) >= 11 is 0. The zero-order chi connectivity index (χ0) is 19.7. The number of carbonyl (C=O) groups is 2. The molecule has 0 bridgehead atoms. The van der Waals surface area contributed by atoms with Crippen molar-refractivity contribution < 1.29 is 14.3 Å². The molecule has 1 aliphatic heterocycles. The van der Waals surface area contributed by atoms with E-state index in [4.69, 9.17) is 4.74 Å². The van der Waals surface area contributed by atoms with Gasteiger partial charge in [0, 0.05) is 17.8 Å². The monoisotopic (exact) mass is 372 g/mol. The van der Waals surface area contributed by atoms with Crippen molar-refractivity contribution in [1.29, 1.82) is 0 Å². The lowest BCUT2D eigenvalue weighted by Crippen LogP contribution is -2.30. The highest BCUT2D eigenvalue weighted by Gasteiger charge is 2.27. The third-order valence-corrected chi connectivity index (χ3v) is 4.72. The van der Waals surface area contributed by atoms with Crippen molar-refractivity contribution in [3.63, 3.8) is 0 Å². The molecule has 0 aromatic heterocycles. The van der Waals surface area contributed by atoms with Gasteiger partial charge in [-0.15, -0.1) is 0 Å². The molecule has 0 saturated heterocycles. The molecular weight excluding hydrogens is 352 g/mol. The number of rotatable bonds is 3. The third-order valence-electron chi connectivity index (χ3n) is 4.72. The number of ether oxygens (including phenoxy) is 1. The maximum atomic E-state index is 13.0. The number of aryl methyl sites for hydroxylation is 1. The number of hydrogen-bond acceptors (Lipinski definition) is 3. The van der Waals surface area contributed by atoms with Crippen molar-refractivity contribution in [2.75, 3.05) is 16.8 Å². The van der Waals surface area contributed by atoms with Gasteiger partial charge in [0.05, 0.1) is 11.3 Å². The Morgan fingerprint density at radius 3 is 2.50 bits per heavy atom. The van der Waals surface area contributed by atoms with E-state index in [0.29, 0.717) is 34.9 Å². The summed E-state index contributed by atoms with van der Waals surface area (Å²) < 4.78 is 5.98. The lowest BCUT2D eigenvalue weighted by atomic mass is 10.1. The molecule has 1 aliphatic rings. The Morgan fingerprint density at radius 2 is 1.75 bits per heavy atom. The Bertz CT molecular complexity index is 1060. The van der Waals surface area contributed by atoms with E-state index in [1.54, 1.807) is 35.2 Å². The lowest BCUT2D eigenvalue weighted by Gasteiger charge is -2.20. The van der Waals surface area contributed by atoms with Gasteiger partial charge in [0.2, 0.25) is 0 Å². The minimum atomic E-state index is -0.239. The van der Waals surface area contributed by atoms with Crippen LogP contribution < -0.4 is 15.0 Å². The average molecular weight is 372 g/mol. The van der Waals surface area contributed by atoms with Crippen LogP contribution in [-0.4, -0.2) is 18.4 Å². The van der Waals surface area contributed by atoms with Gasteiger partial charge in [-0.1, -0.05) is 29.8 Å². The first-order chi connectivity index (χ1) is 13.6. The van der Waals surface area contributed by atoms with Crippen molar-refractivity contribution in [3.05, 3.63) is 83.4 Å². The number of nitrogens with zero attached hydrogens (tertiary/aromatic N) is 1. The number of para-hydroxylation sites is 1. The standard InChI is InChI=1S/C23H20N2O3/c1-3-25-19-14-16(22(26)24-17-11-8-15(2)9-12-17)10-13-21(19)28-20-7-5-4-6-18(20)23(25)27/h4-14H,3H2,1-2H3,(H,24,26). The molecule has 0 aliphatic carbocycles. The number of nitrogens with one attached hydrogen (secondary N) is 1. The van der Waals surface area contributed by atoms with Crippen molar-refractivity contribution in [3.8, 4) is 11.5 Å². The van der Waals surface area contributed by atoms with Crippen LogP contribution in [0, 0.1) is 6.92 Å². The summed E-state index contributed by atoms with van der Waals surface area (Å²) in [6.07, 6.45) is 0. The van der Waals surface area contributed by atoms with E-state index < -0.39 is 0 Å². The molecule has 4 rings (SSSR count). The fourth-order valence-electron chi connectivity index (χ4n) is 3.22. The topological polar surface area (TPSA) is 58.6 Å². The van der Waals surface area contributed by atoms with Gasteiger partial charge in [0.25, 0.3) is 11.8 Å². The van der Waals surface area contributed by atoms with Crippen LogP contribution in [0.2, 0.25) is 0 Å². The molecule has 1 N–H and O–H groups in total. The predicted octanol–water partition coefficient (Wildman–Crippen LogP) is 5.02. The van der Waals surface area contributed by atoms with Gasteiger partial charge in [-0.3, -0.25) is 9.59 Å². The van der Waals surface area contributed by atoms with E-state index in [0.717, 1.165) is 11.3 Å². The molecule has 5 nitrogen and oxygen atoms in total. The fraction of sp³-hybridized carbons (Fsp3) is 0.130. The normalized spacial score (nSPS) is 12.5. The molecule has 0 unspecified atom stereocenters. The maximum Gasteiger partial charge on any atom is 0.262 e. The van der Waals surface area contributed by atoms with Gasteiger partial charge in [0.15, 0.2) is 5.75 Å². The quantitative estimate of drug-likeness (QED) is 0.702. The molecule has 140 valence electrons. The number of carbonyl (C=O) groups excluding carboxylic acids is 2. The van der Waals surface area contributed by atoms with Gasteiger partial charge < -0.3 is 15.0 Å². The second-order valence-corrected chi connectivity index (χ2v) is 6.65. The first kappa shape index (κ1) is 17.8. The number of benzene rings is 3. The number of anilines is 2. The smallest absolute Gasteiger partial charge is 0.262 e. The molecule has 1 heterocycles. The highest BCUT2D eigenvalue weighted by molar-refractivity contribution is 6.11. The van der Waals surface area contributed by atoms with Crippen LogP contribution in [0.3, 0.4) is 0 Å². The highest BCUT2D eigenvalue weighted by Crippen LogP contribution is 2.39. The highest BCUT2D eigenvalue weighted by atomic mass is 16.5. The van der Waals surface area contributed by atoms with E-state index in [2.05, 4.69) is 5.32 Å². The summed E-state index contributed by atoms with van der Waals surface area (Å²) in [5.41, 5.74) is 3.39. The largest absolute Gasteiger partial charge is 0.454 e. The van der Waals surface area contributed by atoms with Gasteiger partial charge in [-0.05, 0) is 56.3 Å². The third kappa shape index (κ3) is 3.22.